The molecular weight excluding hydrogens is 398 g/mol. The fourth-order valence-corrected chi connectivity index (χ4v) is 5.91. The minimum absolute atomic E-state index is 0.239. The van der Waals surface area contributed by atoms with Crippen LogP contribution in [0.2, 0.25) is 0 Å². The Morgan fingerprint density at radius 1 is 0.900 bits per heavy atom. The first-order chi connectivity index (χ1) is 14.4. The van der Waals surface area contributed by atoms with Gasteiger partial charge in [-0.3, -0.25) is 4.79 Å². The summed E-state index contributed by atoms with van der Waals surface area (Å²) in [5.74, 6) is -0.265. The lowest BCUT2D eigenvalue weighted by atomic mass is 10.0. The number of hydrogen-bond acceptors (Lipinski definition) is 4. The van der Waals surface area contributed by atoms with Gasteiger partial charge in [-0.1, -0.05) is 24.1 Å². The number of carbonyl (C=O) groups excluding carboxylic acids is 1. The quantitative estimate of drug-likeness (QED) is 0.788. The Balaban J connectivity index is 1.49. The van der Waals surface area contributed by atoms with E-state index in [0.717, 1.165) is 37.2 Å². The fourth-order valence-electron chi connectivity index (χ4n) is 4.26. The molecule has 160 valence electrons. The third-order valence-electron chi connectivity index (χ3n) is 5.99. The Bertz CT molecular complexity index is 981. The van der Waals surface area contributed by atoms with Crippen LogP contribution < -0.4 is 10.2 Å². The molecule has 1 atom stereocenters. The first-order valence-electron chi connectivity index (χ1n) is 10.7. The molecule has 0 aromatic heterocycles. The summed E-state index contributed by atoms with van der Waals surface area (Å²) in [5, 5.41) is 2.93. The molecule has 0 aliphatic carbocycles. The predicted octanol–water partition coefficient (Wildman–Crippen LogP) is 3.78. The van der Waals surface area contributed by atoms with Crippen molar-refractivity contribution in [1.29, 1.82) is 0 Å². The predicted molar refractivity (Wildman–Crippen MR) is 119 cm³/mol. The molecule has 2 saturated heterocycles. The van der Waals surface area contributed by atoms with E-state index in [0.29, 0.717) is 18.7 Å². The highest BCUT2D eigenvalue weighted by Crippen LogP contribution is 2.27. The van der Waals surface area contributed by atoms with Crippen molar-refractivity contribution in [3.05, 3.63) is 54.1 Å². The number of anilines is 2. The van der Waals surface area contributed by atoms with Gasteiger partial charge in [-0.15, -0.1) is 0 Å². The lowest BCUT2D eigenvalue weighted by Gasteiger charge is -2.33. The number of benzene rings is 2. The SMILES string of the molecule is Cc1ccc(S(=O)(=O)N2CCCC[C@@H]2C(=O)Nc2ccc(N3CCCC3)cc2)cc1. The van der Waals surface area contributed by atoms with E-state index in [1.807, 2.05) is 31.2 Å². The summed E-state index contributed by atoms with van der Waals surface area (Å²) in [7, 11) is -3.72. The average Bonchev–Trinajstić information content (AvgIpc) is 3.29. The van der Waals surface area contributed by atoms with Crippen LogP contribution in [0.25, 0.3) is 0 Å². The number of nitrogens with zero attached hydrogens (tertiary/aromatic N) is 2. The largest absolute Gasteiger partial charge is 0.372 e. The van der Waals surface area contributed by atoms with Crippen LogP contribution in [0.15, 0.2) is 53.4 Å². The van der Waals surface area contributed by atoms with Crippen LogP contribution in [-0.4, -0.2) is 44.3 Å². The zero-order chi connectivity index (χ0) is 21.1. The maximum absolute atomic E-state index is 13.2. The number of piperidine rings is 1. The highest BCUT2D eigenvalue weighted by atomic mass is 32.2. The van der Waals surface area contributed by atoms with Gasteiger partial charge in [0.25, 0.3) is 0 Å². The normalized spacial score (nSPS) is 20.3. The summed E-state index contributed by atoms with van der Waals surface area (Å²) in [6.45, 7) is 4.42. The number of sulfonamides is 1. The molecule has 0 bridgehead atoms. The maximum atomic E-state index is 13.2. The van der Waals surface area contributed by atoms with Crippen LogP contribution in [0.3, 0.4) is 0 Å². The number of hydrogen-bond donors (Lipinski definition) is 1. The summed E-state index contributed by atoms with van der Waals surface area (Å²) < 4.78 is 27.8. The van der Waals surface area contributed by atoms with E-state index >= 15 is 0 Å². The van der Waals surface area contributed by atoms with Crippen LogP contribution in [0.5, 0.6) is 0 Å². The number of nitrogens with one attached hydrogen (secondary N) is 1. The third kappa shape index (κ3) is 4.37. The van der Waals surface area contributed by atoms with Gasteiger partial charge in [0.05, 0.1) is 4.90 Å². The van der Waals surface area contributed by atoms with Crippen LogP contribution in [0.4, 0.5) is 11.4 Å². The van der Waals surface area contributed by atoms with Gasteiger partial charge >= 0.3 is 0 Å². The van der Waals surface area contributed by atoms with Crippen molar-refractivity contribution < 1.29 is 13.2 Å². The summed E-state index contributed by atoms with van der Waals surface area (Å²) in [5.41, 5.74) is 2.85. The van der Waals surface area contributed by atoms with Crippen LogP contribution in [0.1, 0.15) is 37.7 Å². The van der Waals surface area contributed by atoms with Gasteiger partial charge in [-0.2, -0.15) is 4.31 Å². The Morgan fingerprint density at radius 2 is 1.53 bits per heavy atom. The molecular formula is C23H29N3O3S. The van der Waals surface area contributed by atoms with Gasteiger partial charge in [0.15, 0.2) is 0 Å². The molecule has 4 rings (SSSR count). The lowest BCUT2D eigenvalue weighted by molar-refractivity contribution is -0.120. The molecule has 2 aromatic carbocycles. The van der Waals surface area contributed by atoms with Crippen molar-refractivity contribution in [2.75, 3.05) is 29.9 Å². The van der Waals surface area contributed by atoms with Crippen molar-refractivity contribution in [3.8, 4) is 0 Å². The second kappa shape index (κ2) is 8.78. The fraction of sp³-hybridized carbons (Fsp3) is 0.435. The molecule has 2 aromatic rings. The standard InChI is InChI=1S/C23H29N3O3S/c1-18-7-13-21(14-8-18)30(28,29)26-17-3-2-6-22(26)23(27)24-19-9-11-20(12-10-19)25-15-4-5-16-25/h7-14,22H,2-6,15-17H2,1H3,(H,24,27)/t22-/m1/s1. The van der Waals surface area contributed by atoms with Crippen molar-refractivity contribution in [3.63, 3.8) is 0 Å². The first kappa shape index (κ1) is 20.9. The summed E-state index contributed by atoms with van der Waals surface area (Å²) in [6.07, 6.45) is 4.56. The van der Waals surface area contributed by atoms with E-state index in [9.17, 15) is 13.2 Å². The Morgan fingerprint density at radius 3 is 2.20 bits per heavy atom. The zero-order valence-corrected chi connectivity index (χ0v) is 18.2. The summed E-state index contributed by atoms with van der Waals surface area (Å²) in [6, 6.07) is 13.9. The Kier molecular flexibility index (Phi) is 6.11. The van der Waals surface area contributed by atoms with Gasteiger partial charge in [-0.05, 0) is 69.0 Å². The molecule has 0 radical (unpaired) electrons. The molecule has 1 N–H and O–H groups in total. The Labute approximate surface area is 178 Å². The highest BCUT2D eigenvalue weighted by Gasteiger charge is 2.37. The van der Waals surface area contributed by atoms with Crippen molar-refractivity contribution >= 4 is 27.3 Å². The molecule has 7 heteroatoms. The molecule has 1 amide bonds. The molecule has 2 aliphatic rings. The van der Waals surface area contributed by atoms with Crippen LogP contribution in [0, 0.1) is 6.92 Å². The molecule has 30 heavy (non-hydrogen) atoms. The van der Waals surface area contributed by atoms with Crippen molar-refractivity contribution in [1.82, 2.24) is 4.31 Å². The number of aryl methyl sites for hydroxylation is 1. The monoisotopic (exact) mass is 427 g/mol. The van der Waals surface area contributed by atoms with Gasteiger partial charge < -0.3 is 10.2 Å². The highest BCUT2D eigenvalue weighted by molar-refractivity contribution is 7.89. The van der Waals surface area contributed by atoms with Crippen molar-refractivity contribution in [2.24, 2.45) is 0 Å². The molecule has 6 nitrogen and oxygen atoms in total. The molecule has 0 unspecified atom stereocenters. The second-order valence-corrected chi connectivity index (χ2v) is 10.1. The minimum atomic E-state index is -3.72. The Hall–Kier alpha value is -2.38. The maximum Gasteiger partial charge on any atom is 0.243 e. The van der Waals surface area contributed by atoms with Crippen LogP contribution >= 0.6 is 0 Å². The molecule has 2 aliphatic heterocycles. The zero-order valence-electron chi connectivity index (χ0n) is 17.4. The van der Waals surface area contributed by atoms with Crippen LogP contribution in [-0.2, 0) is 14.8 Å². The average molecular weight is 428 g/mol. The van der Waals surface area contributed by atoms with E-state index in [1.165, 1.54) is 17.1 Å². The van der Waals surface area contributed by atoms with E-state index in [2.05, 4.69) is 10.2 Å². The smallest absolute Gasteiger partial charge is 0.243 e. The van der Waals surface area contributed by atoms with Gasteiger partial charge in [-0.25, -0.2) is 8.42 Å². The first-order valence-corrected chi connectivity index (χ1v) is 12.1. The van der Waals surface area contributed by atoms with Crippen molar-refractivity contribution in [2.45, 2.75) is 50.0 Å². The number of rotatable bonds is 5. The topological polar surface area (TPSA) is 69.7 Å². The molecule has 2 fully saturated rings. The minimum Gasteiger partial charge on any atom is -0.372 e. The molecule has 2 heterocycles. The third-order valence-corrected chi connectivity index (χ3v) is 7.91. The number of amides is 1. The van der Waals surface area contributed by atoms with Gasteiger partial charge in [0, 0.05) is 31.0 Å². The van der Waals surface area contributed by atoms with Gasteiger partial charge in [0.1, 0.15) is 6.04 Å². The summed E-state index contributed by atoms with van der Waals surface area (Å²) >= 11 is 0. The lowest BCUT2D eigenvalue weighted by Crippen LogP contribution is -2.49. The van der Waals surface area contributed by atoms with E-state index in [-0.39, 0.29) is 10.8 Å². The second-order valence-electron chi connectivity index (χ2n) is 8.17. The number of carbonyl (C=O) groups is 1. The molecule has 0 spiro atoms. The van der Waals surface area contributed by atoms with E-state index < -0.39 is 16.1 Å². The molecule has 0 saturated carbocycles. The van der Waals surface area contributed by atoms with E-state index in [4.69, 9.17) is 0 Å². The van der Waals surface area contributed by atoms with E-state index in [1.54, 1.807) is 24.3 Å². The summed E-state index contributed by atoms with van der Waals surface area (Å²) in [4.78, 5) is 15.6. The van der Waals surface area contributed by atoms with Gasteiger partial charge in [0.2, 0.25) is 15.9 Å².